The lowest BCUT2D eigenvalue weighted by Crippen LogP contribution is -2.22. The van der Waals surface area contributed by atoms with Crippen LogP contribution < -0.4 is 25.3 Å². The van der Waals surface area contributed by atoms with Gasteiger partial charge in [-0.05, 0) is 43.3 Å². The van der Waals surface area contributed by atoms with Crippen LogP contribution in [0.4, 0.5) is 5.69 Å². The van der Waals surface area contributed by atoms with Crippen LogP contribution in [0, 0.1) is 0 Å². The lowest BCUT2D eigenvalue weighted by Gasteiger charge is -2.10. The topological polar surface area (TPSA) is 78.1 Å². The van der Waals surface area contributed by atoms with Crippen molar-refractivity contribution in [1.29, 1.82) is 0 Å². The zero-order chi connectivity index (χ0) is 17.8. The molecule has 1 aliphatic rings. The number of fused-ring (bicyclic) bond motifs is 1. The number of nitrogens with zero attached hydrogens (tertiary/aromatic N) is 1. The molecule has 2 aromatic rings. The van der Waals surface area contributed by atoms with Gasteiger partial charge in [0.25, 0.3) is 0 Å². The molecule has 0 aromatic heterocycles. The van der Waals surface area contributed by atoms with Gasteiger partial charge >= 0.3 is 0 Å². The van der Waals surface area contributed by atoms with E-state index in [-0.39, 0.29) is 30.1 Å². The number of guanidine groups is 1. The Balaban J connectivity index is 0.00000243. The van der Waals surface area contributed by atoms with Crippen LogP contribution in [-0.4, -0.2) is 26.3 Å². The van der Waals surface area contributed by atoms with Crippen molar-refractivity contribution in [2.45, 2.75) is 26.0 Å². The predicted molar refractivity (Wildman–Crippen MR) is 114 cm³/mol. The van der Waals surface area contributed by atoms with E-state index < -0.39 is 0 Å². The Morgan fingerprint density at radius 2 is 1.96 bits per heavy atom. The second-order valence-corrected chi connectivity index (χ2v) is 5.96. The molecule has 0 amide bonds. The number of ether oxygens (including phenoxy) is 3. The maximum Gasteiger partial charge on any atom is 0.193 e. The van der Waals surface area contributed by atoms with E-state index in [9.17, 15) is 0 Å². The van der Waals surface area contributed by atoms with Crippen LogP contribution in [0.2, 0.25) is 0 Å². The minimum Gasteiger partial charge on any atom is -0.497 e. The van der Waals surface area contributed by atoms with Gasteiger partial charge in [0.2, 0.25) is 0 Å². The fourth-order valence-electron chi connectivity index (χ4n) is 2.83. The molecule has 3 N–H and O–H groups in total. The molecule has 0 fully saturated rings. The summed E-state index contributed by atoms with van der Waals surface area (Å²) in [4.78, 5) is 4.40. The van der Waals surface area contributed by atoms with Crippen LogP contribution in [0.25, 0.3) is 0 Å². The highest BCUT2D eigenvalue weighted by Gasteiger charge is 2.21. The van der Waals surface area contributed by atoms with Crippen molar-refractivity contribution in [2.24, 2.45) is 10.7 Å². The standard InChI is InChI=1S/C19H23N3O3.HI/c1-12-8-13-9-17(24-3)14(10-18(13)25-12)11-21-19(20)22-15-4-6-16(23-2)7-5-15;/h4-7,9-10,12H,8,11H2,1-3H3,(H3,20,21,22);1H. The van der Waals surface area contributed by atoms with E-state index in [0.717, 1.165) is 34.9 Å². The van der Waals surface area contributed by atoms with Crippen LogP contribution in [0.5, 0.6) is 17.2 Å². The molecule has 0 saturated carbocycles. The van der Waals surface area contributed by atoms with E-state index in [0.29, 0.717) is 12.5 Å². The van der Waals surface area contributed by atoms with Gasteiger partial charge < -0.3 is 25.3 Å². The van der Waals surface area contributed by atoms with E-state index >= 15 is 0 Å². The average Bonchev–Trinajstić information content (AvgIpc) is 2.98. The first-order valence-corrected chi connectivity index (χ1v) is 8.16. The van der Waals surface area contributed by atoms with E-state index in [4.69, 9.17) is 19.9 Å². The highest BCUT2D eigenvalue weighted by atomic mass is 127. The zero-order valence-electron chi connectivity index (χ0n) is 15.1. The molecule has 0 saturated heterocycles. The summed E-state index contributed by atoms with van der Waals surface area (Å²) in [5, 5.41) is 3.06. The Bertz CT molecular complexity index is 778. The Kier molecular flexibility index (Phi) is 6.96. The fraction of sp³-hybridized carbons (Fsp3) is 0.316. The van der Waals surface area contributed by atoms with Crippen molar-refractivity contribution in [1.82, 2.24) is 0 Å². The first kappa shape index (κ1) is 20.2. The summed E-state index contributed by atoms with van der Waals surface area (Å²) in [6.07, 6.45) is 1.09. The minimum absolute atomic E-state index is 0. The van der Waals surface area contributed by atoms with Gasteiger partial charge in [0.1, 0.15) is 23.4 Å². The van der Waals surface area contributed by atoms with Crippen LogP contribution in [0.15, 0.2) is 41.4 Å². The molecule has 7 heteroatoms. The van der Waals surface area contributed by atoms with Crippen LogP contribution in [0.1, 0.15) is 18.1 Å². The highest BCUT2D eigenvalue weighted by molar-refractivity contribution is 14.0. The van der Waals surface area contributed by atoms with E-state index in [1.807, 2.05) is 36.4 Å². The van der Waals surface area contributed by atoms with Gasteiger partial charge in [-0.15, -0.1) is 24.0 Å². The monoisotopic (exact) mass is 469 g/mol. The van der Waals surface area contributed by atoms with Crippen molar-refractivity contribution in [3.8, 4) is 17.2 Å². The smallest absolute Gasteiger partial charge is 0.193 e. The highest BCUT2D eigenvalue weighted by Crippen LogP contribution is 2.35. The third kappa shape index (κ3) is 4.72. The molecular weight excluding hydrogens is 445 g/mol. The van der Waals surface area contributed by atoms with Gasteiger partial charge in [0.05, 0.1) is 20.8 Å². The Morgan fingerprint density at radius 1 is 1.23 bits per heavy atom. The van der Waals surface area contributed by atoms with Crippen molar-refractivity contribution < 1.29 is 14.2 Å². The minimum atomic E-state index is 0. The van der Waals surface area contributed by atoms with Gasteiger partial charge in [0, 0.05) is 23.2 Å². The van der Waals surface area contributed by atoms with Gasteiger partial charge in [0.15, 0.2) is 5.96 Å². The Morgan fingerprint density at radius 3 is 2.62 bits per heavy atom. The first-order chi connectivity index (χ1) is 12.1. The lowest BCUT2D eigenvalue weighted by atomic mass is 10.1. The second-order valence-electron chi connectivity index (χ2n) is 5.96. The Labute approximate surface area is 170 Å². The molecule has 0 aliphatic carbocycles. The summed E-state index contributed by atoms with van der Waals surface area (Å²) in [6.45, 7) is 2.46. The van der Waals surface area contributed by atoms with Crippen LogP contribution in [0.3, 0.4) is 0 Å². The summed E-state index contributed by atoms with van der Waals surface area (Å²) < 4.78 is 16.4. The van der Waals surface area contributed by atoms with Crippen molar-refractivity contribution >= 4 is 35.6 Å². The maximum absolute atomic E-state index is 5.99. The number of hydrogen-bond donors (Lipinski definition) is 2. The van der Waals surface area contributed by atoms with Gasteiger partial charge in [-0.25, -0.2) is 4.99 Å². The van der Waals surface area contributed by atoms with Crippen LogP contribution >= 0.6 is 24.0 Å². The number of aliphatic imine (C=N–C) groups is 1. The molecule has 140 valence electrons. The summed E-state index contributed by atoms with van der Waals surface area (Å²) in [5.74, 6) is 2.83. The van der Waals surface area contributed by atoms with Crippen molar-refractivity contribution in [3.63, 3.8) is 0 Å². The number of rotatable bonds is 5. The Hall–Kier alpha value is -2.16. The normalized spacial score (nSPS) is 15.5. The van der Waals surface area contributed by atoms with Gasteiger partial charge in [-0.1, -0.05) is 0 Å². The largest absolute Gasteiger partial charge is 0.497 e. The van der Waals surface area contributed by atoms with Crippen molar-refractivity contribution in [3.05, 3.63) is 47.5 Å². The summed E-state index contributed by atoms with van der Waals surface area (Å²) in [6, 6.07) is 11.5. The van der Waals surface area contributed by atoms with Gasteiger partial charge in [-0.3, -0.25) is 0 Å². The molecule has 1 atom stereocenters. The third-order valence-electron chi connectivity index (χ3n) is 4.08. The van der Waals surface area contributed by atoms with Gasteiger partial charge in [-0.2, -0.15) is 0 Å². The number of anilines is 1. The molecular formula is C19H24IN3O3. The molecule has 1 unspecified atom stereocenters. The molecule has 0 spiro atoms. The molecule has 1 heterocycles. The lowest BCUT2D eigenvalue weighted by molar-refractivity contribution is 0.254. The first-order valence-electron chi connectivity index (χ1n) is 8.16. The van der Waals surface area contributed by atoms with Crippen molar-refractivity contribution in [2.75, 3.05) is 19.5 Å². The number of hydrogen-bond acceptors (Lipinski definition) is 4. The molecule has 0 bridgehead atoms. The number of benzene rings is 2. The number of nitrogens with two attached hydrogens (primary N) is 1. The molecule has 6 nitrogen and oxygen atoms in total. The number of halogens is 1. The third-order valence-corrected chi connectivity index (χ3v) is 4.08. The SMILES string of the molecule is COc1ccc(NC(N)=NCc2cc3c(cc2OC)CC(C)O3)cc1.I. The summed E-state index contributed by atoms with van der Waals surface area (Å²) in [7, 11) is 3.29. The zero-order valence-corrected chi connectivity index (χ0v) is 17.4. The van der Waals surface area contributed by atoms with E-state index in [1.165, 1.54) is 5.56 Å². The van der Waals surface area contributed by atoms with E-state index in [2.05, 4.69) is 17.2 Å². The quantitative estimate of drug-likeness (QED) is 0.398. The molecule has 2 aromatic carbocycles. The van der Waals surface area contributed by atoms with Crippen LogP contribution in [-0.2, 0) is 13.0 Å². The molecule has 26 heavy (non-hydrogen) atoms. The fourth-order valence-corrected chi connectivity index (χ4v) is 2.83. The molecule has 1 aliphatic heterocycles. The predicted octanol–water partition coefficient (Wildman–Crippen LogP) is 3.57. The molecule has 3 rings (SSSR count). The summed E-state index contributed by atoms with van der Waals surface area (Å²) in [5.41, 5.74) is 8.94. The number of methoxy groups -OCH3 is 2. The number of nitrogens with one attached hydrogen (secondary N) is 1. The molecule has 0 radical (unpaired) electrons. The second kappa shape index (κ2) is 8.98. The van der Waals surface area contributed by atoms with E-state index in [1.54, 1.807) is 14.2 Å². The maximum atomic E-state index is 5.99. The average molecular weight is 469 g/mol. The summed E-state index contributed by atoms with van der Waals surface area (Å²) >= 11 is 0.